The molecule has 4 rings (SSSR count). The van der Waals surface area contributed by atoms with Crippen LogP contribution < -0.4 is 9.47 Å². The van der Waals surface area contributed by atoms with E-state index in [1.807, 2.05) is 35.2 Å². The van der Waals surface area contributed by atoms with Gasteiger partial charge in [-0.25, -0.2) is 0 Å². The summed E-state index contributed by atoms with van der Waals surface area (Å²) in [6.45, 7) is 11.3. The van der Waals surface area contributed by atoms with Crippen LogP contribution >= 0.6 is 0 Å². The van der Waals surface area contributed by atoms with Gasteiger partial charge in [0.2, 0.25) is 0 Å². The van der Waals surface area contributed by atoms with Crippen molar-refractivity contribution >= 4 is 16.8 Å². The van der Waals surface area contributed by atoms with Crippen LogP contribution in [0.4, 0.5) is 0 Å². The molecule has 0 saturated carbocycles. The summed E-state index contributed by atoms with van der Waals surface area (Å²) < 4.78 is 10.8. The Labute approximate surface area is 209 Å². The van der Waals surface area contributed by atoms with Crippen LogP contribution in [-0.2, 0) is 5.41 Å². The molecule has 0 bridgehead atoms. The van der Waals surface area contributed by atoms with Crippen LogP contribution in [0.15, 0.2) is 48.5 Å². The molecule has 0 radical (unpaired) electrons. The lowest BCUT2D eigenvalue weighted by Gasteiger charge is -2.39. The number of aromatic amines is 1. The zero-order chi connectivity index (χ0) is 25.0. The number of H-pyrrole nitrogens is 1. The zero-order valence-electron chi connectivity index (χ0n) is 21.8. The zero-order valence-corrected chi connectivity index (χ0v) is 21.8. The normalized spacial score (nSPS) is 16.9. The molecule has 6 nitrogen and oxygen atoms in total. The molecule has 0 aliphatic carbocycles. The molecular formula is C29H39N3O3. The maximum Gasteiger partial charge on any atom is 0.270 e. The Morgan fingerprint density at radius 2 is 1.89 bits per heavy atom. The predicted octanol–water partition coefficient (Wildman–Crippen LogP) is 5.34. The molecule has 1 saturated heterocycles. The van der Waals surface area contributed by atoms with E-state index in [9.17, 15) is 4.79 Å². The van der Waals surface area contributed by atoms with Crippen molar-refractivity contribution in [2.75, 3.05) is 46.9 Å². The SMILES string of the molecule is CCN(CC1CCCN(CC(C)(C)c2cccc(OC)c2)C1)C(=O)c1cc2cc(OC)ccc2[nH]1. The third kappa shape index (κ3) is 5.81. The van der Waals surface area contributed by atoms with Gasteiger partial charge in [-0.2, -0.15) is 0 Å². The van der Waals surface area contributed by atoms with Gasteiger partial charge < -0.3 is 24.3 Å². The lowest BCUT2D eigenvalue weighted by Crippen LogP contribution is -2.46. The molecule has 2 aromatic carbocycles. The maximum absolute atomic E-state index is 13.4. The van der Waals surface area contributed by atoms with Crippen molar-refractivity contribution in [2.24, 2.45) is 5.92 Å². The summed E-state index contributed by atoms with van der Waals surface area (Å²) in [5.41, 5.74) is 2.90. The van der Waals surface area contributed by atoms with Gasteiger partial charge in [0.05, 0.1) is 14.2 Å². The Morgan fingerprint density at radius 3 is 2.63 bits per heavy atom. The van der Waals surface area contributed by atoms with Crippen LogP contribution in [0.25, 0.3) is 10.9 Å². The van der Waals surface area contributed by atoms with Gasteiger partial charge in [-0.3, -0.25) is 4.79 Å². The number of piperidine rings is 1. The Hall–Kier alpha value is -2.99. The van der Waals surface area contributed by atoms with Crippen molar-refractivity contribution in [1.82, 2.24) is 14.8 Å². The van der Waals surface area contributed by atoms with Crippen LogP contribution in [0.3, 0.4) is 0 Å². The van der Waals surface area contributed by atoms with Gasteiger partial charge in [-0.15, -0.1) is 0 Å². The average molecular weight is 478 g/mol. The molecule has 2 heterocycles. The monoisotopic (exact) mass is 477 g/mol. The summed E-state index contributed by atoms with van der Waals surface area (Å²) in [5, 5.41) is 0.993. The smallest absolute Gasteiger partial charge is 0.270 e. The summed E-state index contributed by atoms with van der Waals surface area (Å²) in [4.78, 5) is 21.2. The Bertz CT molecular complexity index is 1150. The number of rotatable bonds is 9. The first-order valence-electron chi connectivity index (χ1n) is 12.7. The largest absolute Gasteiger partial charge is 0.497 e. The van der Waals surface area contributed by atoms with E-state index in [1.165, 1.54) is 5.56 Å². The number of amides is 1. The summed E-state index contributed by atoms with van der Waals surface area (Å²) in [6.07, 6.45) is 2.32. The third-order valence-electron chi connectivity index (χ3n) is 7.28. The second-order valence-electron chi connectivity index (χ2n) is 10.3. The summed E-state index contributed by atoms with van der Waals surface area (Å²) >= 11 is 0. The summed E-state index contributed by atoms with van der Waals surface area (Å²) in [6, 6.07) is 16.2. The molecule has 1 aliphatic rings. The van der Waals surface area contributed by atoms with Gasteiger partial charge in [-0.1, -0.05) is 26.0 Å². The highest BCUT2D eigenvalue weighted by Gasteiger charge is 2.29. The minimum atomic E-state index is 0.0160. The number of aromatic nitrogens is 1. The molecule has 1 aromatic heterocycles. The van der Waals surface area contributed by atoms with E-state index in [-0.39, 0.29) is 11.3 Å². The van der Waals surface area contributed by atoms with E-state index in [0.717, 1.165) is 61.4 Å². The van der Waals surface area contributed by atoms with Crippen molar-refractivity contribution in [3.05, 3.63) is 59.8 Å². The van der Waals surface area contributed by atoms with Crippen LogP contribution in [0.5, 0.6) is 11.5 Å². The number of carbonyl (C=O) groups excluding carboxylic acids is 1. The number of carbonyl (C=O) groups is 1. The highest BCUT2D eigenvalue weighted by Crippen LogP contribution is 2.30. The fourth-order valence-electron chi connectivity index (χ4n) is 5.33. The van der Waals surface area contributed by atoms with E-state index >= 15 is 0 Å². The van der Waals surface area contributed by atoms with Crippen molar-refractivity contribution < 1.29 is 14.3 Å². The first-order valence-corrected chi connectivity index (χ1v) is 12.7. The van der Waals surface area contributed by atoms with Gasteiger partial charge in [0.25, 0.3) is 5.91 Å². The van der Waals surface area contributed by atoms with Crippen LogP contribution in [0.2, 0.25) is 0 Å². The average Bonchev–Trinajstić information content (AvgIpc) is 3.30. The number of hydrogen-bond donors (Lipinski definition) is 1. The topological polar surface area (TPSA) is 57.8 Å². The van der Waals surface area contributed by atoms with Gasteiger partial charge in [0, 0.05) is 42.5 Å². The number of likely N-dealkylation sites (tertiary alicyclic amines) is 1. The van der Waals surface area contributed by atoms with E-state index in [0.29, 0.717) is 18.2 Å². The van der Waals surface area contributed by atoms with Crippen LogP contribution in [-0.4, -0.2) is 67.6 Å². The van der Waals surface area contributed by atoms with Crippen molar-refractivity contribution in [1.29, 1.82) is 0 Å². The molecule has 35 heavy (non-hydrogen) atoms. The molecule has 1 unspecified atom stereocenters. The molecular weight excluding hydrogens is 438 g/mol. The number of benzene rings is 2. The molecule has 1 atom stereocenters. The Balaban J connectivity index is 1.41. The first-order chi connectivity index (χ1) is 16.8. The summed E-state index contributed by atoms with van der Waals surface area (Å²) in [5.74, 6) is 2.23. The van der Waals surface area contributed by atoms with Gasteiger partial charge in [0.1, 0.15) is 17.2 Å². The Morgan fingerprint density at radius 1 is 1.11 bits per heavy atom. The molecule has 1 aliphatic heterocycles. The summed E-state index contributed by atoms with van der Waals surface area (Å²) in [7, 11) is 3.37. The lowest BCUT2D eigenvalue weighted by atomic mass is 9.83. The standard InChI is InChI=1S/C29H39N3O3/c1-6-32(28(33)27-16-22-15-25(35-5)12-13-26(22)30-27)19-21-9-8-14-31(18-21)20-29(2,3)23-10-7-11-24(17-23)34-4/h7,10-13,15-17,21,30H,6,8-9,14,18-20H2,1-5H3. The number of hydrogen-bond acceptors (Lipinski definition) is 4. The fourth-order valence-corrected chi connectivity index (χ4v) is 5.33. The van der Waals surface area contributed by atoms with E-state index in [4.69, 9.17) is 9.47 Å². The van der Waals surface area contributed by atoms with Crippen molar-refractivity contribution in [3.8, 4) is 11.5 Å². The maximum atomic E-state index is 13.4. The highest BCUT2D eigenvalue weighted by atomic mass is 16.5. The minimum absolute atomic E-state index is 0.0160. The lowest BCUT2D eigenvalue weighted by molar-refractivity contribution is 0.0671. The molecule has 1 N–H and O–H groups in total. The second kappa shape index (κ2) is 10.7. The van der Waals surface area contributed by atoms with Gasteiger partial charge >= 0.3 is 0 Å². The van der Waals surface area contributed by atoms with Crippen molar-refractivity contribution in [3.63, 3.8) is 0 Å². The van der Waals surface area contributed by atoms with Gasteiger partial charge in [0.15, 0.2) is 0 Å². The molecule has 1 fully saturated rings. The van der Waals surface area contributed by atoms with Crippen molar-refractivity contribution in [2.45, 2.75) is 39.0 Å². The fraction of sp³-hybridized carbons (Fsp3) is 0.483. The molecule has 3 aromatic rings. The van der Waals surface area contributed by atoms with Crippen LogP contribution in [0, 0.1) is 5.92 Å². The minimum Gasteiger partial charge on any atom is -0.497 e. The van der Waals surface area contributed by atoms with E-state index in [2.05, 4.69) is 48.9 Å². The third-order valence-corrected chi connectivity index (χ3v) is 7.28. The quantitative estimate of drug-likeness (QED) is 0.452. The van der Waals surface area contributed by atoms with E-state index < -0.39 is 0 Å². The number of nitrogens with zero attached hydrogens (tertiary/aromatic N) is 2. The van der Waals surface area contributed by atoms with E-state index in [1.54, 1.807) is 14.2 Å². The number of nitrogens with one attached hydrogen (secondary N) is 1. The highest BCUT2D eigenvalue weighted by molar-refractivity contribution is 5.98. The molecule has 188 valence electrons. The number of ether oxygens (including phenoxy) is 2. The van der Waals surface area contributed by atoms with Gasteiger partial charge in [-0.05, 0) is 74.2 Å². The van der Waals surface area contributed by atoms with Crippen LogP contribution in [0.1, 0.15) is 49.7 Å². The first kappa shape index (κ1) is 25.1. The number of fused-ring (bicyclic) bond motifs is 1. The molecule has 1 amide bonds. The predicted molar refractivity (Wildman–Crippen MR) is 142 cm³/mol. The molecule has 0 spiro atoms. The Kier molecular flexibility index (Phi) is 7.70. The second-order valence-corrected chi connectivity index (χ2v) is 10.3. The molecule has 6 heteroatoms. The number of methoxy groups -OCH3 is 2.